The number of rotatable bonds is 3. The minimum Gasteiger partial charge on any atom is -0.315 e. The summed E-state index contributed by atoms with van der Waals surface area (Å²) in [6, 6.07) is 8.81. The molecule has 0 spiro atoms. The van der Waals surface area contributed by atoms with Crippen LogP contribution in [0.3, 0.4) is 0 Å². The fourth-order valence-electron chi connectivity index (χ4n) is 2.22. The van der Waals surface area contributed by atoms with Gasteiger partial charge in [0, 0.05) is 24.2 Å². The third kappa shape index (κ3) is 3.21. The smallest absolute Gasteiger partial charge is 0.0406 e. The summed E-state index contributed by atoms with van der Waals surface area (Å²) in [5, 5.41) is 4.26. The molecule has 0 radical (unpaired) electrons. The van der Waals surface area contributed by atoms with Gasteiger partial charge < -0.3 is 5.32 Å². The predicted octanol–water partition coefficient (Wildman–Crippen LogP) is 2.52. The highest BCUT2D eigenvalue weighted by molar-refractivity contribution is 6.30. The number of nitrogens with zero attached hydrogens (tertiary/aromatic N) is 1. The zero-order chi connectivity index (χ0) is 11.4. The van der Waals surface area contributed by atoms with Gasteiger partial charge in [-0.1, -0.05) is 23.7 Å². The molecule has 16 heavy (non-hydrogen) atoms. The quantitative estimate of drug-likeness (QED) is 0.871. The van der Waals surface area contributed by atoms with Gasteiger partial charge in [-0.25, -0.2) is 0 Å². The summed E-state index contributed by atoms with van der Waals surface area (Å²) in [5.74, 6) is 0. The van der Waals surface area contributed by atoms with Crippen molar-refractivity contribution in [1.82, 2.24) is 10.2 Å². The molecule has 1 aromatic carbocycles. The van der Waals surface area contributed by atoms with Crippen molar-refractivity contribution in [2.75, 3.05) is 20.1 Å². The molecule has 3 heteroatoms. The van der Waals surface area contributed by atoms with Crippen LogP contribution in [-0.2, 0) is 6.54 Å². The molecule has 1 aliphatic heterocycles. The summed E-state index contributed by atoms with van der Waals surface area (Å²) < 4.78 is 0. The van der Waals surface area contributed by atoms with Crippen molar-refractivity contribution in [1.29, 1.82) is 0 Å². The monoisotopic (exact) mass is 238 g/mol. The maximum atomic E-state index is 5.87. The average Bonchev–Trinajstić information content (AvgIpc) is 2.33. The fourth-order valence-corrected chi connectivity index (χ4v) is 2.34. The molecule has 1 atom stereocenters. The van der Waals surface area contributed by atoms with Crippen molar-refractivity contribution in [3.8, 4) is 0 Å². The molecule has 0 bridgehead atoms. The molecule has 0 saturated carbocycles. The maximum Gasteiger partial charge on any atom is 0.0406 e. The van der Waals surface area contributed by atoms with E-state index in [-0.39, 0.29) is 0 Å². The summed E-state index contributed by atoms with van der Waals surface area (Å²) in [7, 11) is 2.20. The molecule has 1 N–H and O–H groups in total. The van der Waals surface area contributed by atoms with E-state index in [9.17, 15) is 0 Å². The summed E-state index contributed by atoms with van der Waals surface area (Å²) in [6.07, 6.45) is 2.59. The topological polar surface area (TPSA) is 15.3 Å². The van der Waals surface area contributed by atoms with Crippen molar-refractivity contribution in [2.45, 2.75) is 25.4 Å². The molecule has 1 saturated heterocycles. The van der Waals surface area contributed by atoms with Crippen molar-refractivity contribution in [3.63, 3.8) is 0 Å². The second-order valence-corrected chi connectivity index (χ2v) is 4.98. The van der Waals surface area contributed by atoms with Gasteiger partial charge in [-0.2, -0.15) is 0 Å². The van der Waals surface area contributed by atoms with Gasteiger partial charge in [0.1, 0.15) is 0 Å². The van der Waals surface area contributed by atoms with E-state index >= 15 is 0 Å². The Bertz CT molecular complexity index is 317. The first kappa shape index (κ1) is 11.9. The molecule has 0 unspecified atom stereocenters. The minimum atomic E-state index is 0.671. The van der Waals surface area contributed by atoms with E-state index in [2.05, 4.69) is 29.4 Å². The van der Waals surface area contributed by atoms with E-state index in [0.29, 0.717) is 6.04 Å². The molecule has 1 aromatic rings. The highest BCUT2D eigenvalue weighted by Gasteiger charge is 2.17. The van der Waals surface area contributed by atoms with Gasteiger partial charge in [0.05, 0.1) is 0 Å². The molecule has 88 valence electrons. The number of benzene rings is 1. The van der Waals surface area contributed by atoms with Crippen molar-refractivity contribution < 1.29 is 0 Å². The van der Waals surface area contributed by atoms with Gasteiger partial charge >= 0.3 is 0 Å². The van der Waals surface area contributed by atoms with Gasteiger partial charge in [-0.05, 0) is 44.1 Å². The van der Waals surface area contributed by atoms with E-state index in [1.54, 1.807) is 0 Å². The zero-order valence-electron chi connectivity index (χ0n) is 9.75. The van der Waals surface area contributed by atoms with Crippen molar-refractivity contribution in [2.24, 2.45) is 0 Å². The SMILES string of the molecule is CN(Cc1ccc(Cl)cc1)[C@@H]1CCCNC1. The number of nitrogens with one attached hydrogen (secondary N) is 1. The molecule has 0 aliphatic carbocycles. The van der Waals surface area contributed by atoms with Gasteiger partial charge in [-0.15, -0.1) is 0 Å². The van der Waals surface area contributed by atoms with Gasteiger partial charge in [-0.3, -0.25) is 4.90 Å². The first-order valence-electron chi connectivity index (χ1n) is 5.91. The average molecular weight is 239 g/mol. The van der Waals surface area contributed by atoms with Crippen LogP contribution in [0.25, 0.3) is 0 Å². The van der Waals surface area contributed by atoms with Gasteiger partial charge in [0.25, 0.3) is 0 Å². The number of piperidine rings is 1. The van der Waals surface area contributed by atoms with Gasteiger partial charge in [0.15, 0.2) is 0 Å². The summed E-state index contributed by atoms with van der Waals surface area (Å²) in [5.41, 5.74) is 1.33. The molecular formula is C13H19ClN2. The Balaban J connectivity index is 1.90. The van der Waals surface area contributed by atoms with E-state index < -0.39 is 0 Å². The Morgan fingerprint density at radius 2 is 2.12 bits per heavy atom. The molecule has 1 fully saturated rings. The van der Waals surface area contributed by atoms with Crippen LogP contribution in [-0.4, -0.2) is 31.1 Å². The summed E-state index contributed by atoms with van der Waals surface area (Å²) >= 11 is 5.87. The Kier molecular flexibility index (Phi) is 4.22. The van der Waals surface area contributed by atoms with Gasteiger partial charge in [0.2, 0.25) is 0 Å². The highest BCUT2D eigenvalue weighted by atomic mass is 35.5. The Labute approximate surface area is 103 Å². The van der Waals surface area contributed by atoms with Crippen LogP contribution in [0.4, 0.5) is 0 Å². The Morgan fingerprint density at radius 1 is 1.38 bits per heavy atom. The molecule has 2 rings (SSSR count). The van der Waals surface area contributed by atoms with E-state index in [1.807, 2.05) is 12.1 Å². The largest absolute Gasteiger partial charge is 0.315 e. The number of hydrogen-bond donors (Lipinski definition) is 1. The number of hydrogen-bond acceptors (Lipinski definition) is 2. The lowest BCUT2D eigenvalue weighted by molar-refractivity contribution is 0.196. The third-order valence-electron chi connectivity index (χ3n) is 3.24. The lowest BCUT2D eigenvalue weighted by Crippen LogP contribution is -2.43. The Hall–Kier alpha value is -0.570. The molecular weight excluding hydrogens is 220 g/mol. The Morgan fingerprint density at radius 3 is 2.75 bits per heavy atom. The van der Waals surface area contributed by atoms with Crippen LogP contribution in [0.2, 0.25) is 5.02 Å². The first-order valence-corrected chi connectivity index (χ1v) is 6.29. The summed E-state index contributed by atoms with van der Waals surface area (Å²) in [4.78, 5) is 2.43. The molecule has 1 heterocycles. The second-order valence-electron chi connectivity index (χ2n) is 4.54. The van der Waals surface area contributed by atoms with Crippen molar-refractivity contribution in [3.05, 3.63) is 34.9 Å². The first-order chi connectivity index (χ1) is 7.75. The lowest BCUT2D eigenvalue weighted by atomic mass is 10.1. The van der Waals surface area contributed by atoms with Crippen LogP contribution in [0.5, 0.6) is 0 Å². The minimum absolute atomic E-state index is 0.671. The maximum absolute atomic E-state index is 5.87. The van der Waals surface area contributed by atoms with Crippen LogP contribution >= 0.6 is 11.6 Å². The third-order valence-corrected chi connectivity index (χ3v) is 3.49. The molecule has 1 aliphatic rings. The van der Waals surface area contributed by atoms with Crippen LogP contribution in [0.1, 0.15) is 18.4 Å². The van der Waals surface area contributed by atoms with Crippen molar-refractivity contribution >= 4 is 11.6 Å². The van der Waals surface area contributed by atoms with E-state index in [4.69, 9.17) is 11.6 Å². The van der Waals surface area contributed by atoms with Crippen LogP contribution in [0, 0.1) is 0 Å². The second kappa shape index (κ2) is 5.67. The molecule has 0 amide bonds. The standard InChI is InChI=1S/C13H19ClN2/c1-16(13-3-2-8-15-9-13)10-11-4-6-12(14)7-5-11/h4-7,13,15H,2-3,8-10H2,1H3/t13-/m1/s1. The molecule has 0 aromatic heterocycles. The van der Waals surface area contributed by atoms with E-state index in [1.165, 1.54) is 24.9 Å². The van der Waals surface area contributed by atoms with Crippen LogP contribution in [0.15, 0.2) is 24.3 Å². The predicted molar refractivity (Wildman–Crippen MR) is 68.8 cm³/mol. The number of halogens is 1. The van der Waals surface area contributed by atoms with Crippen LogP contribution < -0.4 is 5.32 Å². The normalized spacial score (nSPS) is 21.3. The summed E-state index contributed by atoms with van der Waals surface area (Å²) in [6.45, 7) is 3.29. The molecule has 2 nitrogen and oxygen atoms in total. The number of likely N-dealkylation sites (N-methyl/N-ethyl adjacent to an activating group) is 1. The highest BCUT2D eigenvalue weighted by Crippen LogP contribution is 2.14. The zero-order valence-corrected chi connectivity index (χ0v) is 10.5. The fraction of sp³-hybridized carbons (Fsp3) is 0.538. The van der Waals surface area contributed by atoms with E-state index in [0.717, 1.165) is 18.1 Å². The lowest BCUT2D eigenvalue weighted by Gasteiger charge is -2.31.